The van der Waals surface area contributed by atoms with Gasteiger partial charge in [-0.05, 0) is 31.9 Å². The Hall–Kier alpha value is -1.22. The summed E-state index contributed by atoms with van der Waals surface area (Å²) in [5, 5.41) is 0. The van der Waals surface area contributed by atoms with Crippen molar-refractivity contribution in [3.8, 4) is 11.5 Å². The van der Waals surface area contributed by atoms with Crippen LogP contribution in [0.4, 0.5) is 0 Å². The second-order valence-electron chi connectivity index (χ2n) is 3.56. The molecule has 0 aromatic heterocycles. The Morgan fingerprint density at radius 3 is 2.67 bits per heavy atom. The van der Waals surface area contributed by atoms with Crippen molar-refractivity contribution < 1.29 is 9.47 Å². The van der Waals surface area contributed by atoms with Crippen molar-refractivity contribution in [1.29, 1.82) is 0 Å². The Labute approximate surface area is 91.2 Å². The molecule has 0 unspecified atom stereocenters. The molecule has 1 aromatic rings. The van der Waals surface area contributed by atoms with Crippen molar-refractivity contribution in [2.45, 2.75) is 26.3 Å². The third-order valence-corrected chi connectivity index (χ3v) is 2.11. The molecule has 0 aliphatic heterocycles. The van der Waals surface area contributed by atoms with Gasteiger partial charge < -0.3 is 15.2 Å². The summed E-state index contributed by atoms with van der Waals surface area (Å²) >= 11 is 0. The number of hydrogen-bond acceptors (Lipinski definition) is 3. The van der Waals surface area contributed by atoms with Gasteiger partial charge in [0.2, 0.25) is 0 Å². The maximum Gasteiger partial charge on any atom is 0.163 e. The minimum atomic E-state index is 0.121. The Balaban J connectivity index is 2.98. The lowest BCUT2D eigenvalue weighted by Gasteiger charge is -2.14. The monoisotopic (exact) mass is 209 g/mol. The zero-order valence-corrected chi connectivity index (χ0v) is 9.62. The molecular weight excluding hydrogens is 190 g/mol. The molecule has 1 atom stereocenters. The average molecular weight is 209 g/mol. The minimum absolute atomic E-state index is 0.121. The van der Waals surface area contributed by atoms with Crippen molar-refractivity contribution in [1.82, 2.24) is 0 Å². The lowest BCUT2D eigenvalue weighted by atomic mass is 10.1. The topological polar surface area (TPSA) is 44.5 Å². The van der Waals surface area contributed by atoms with E-state index in [1.54, 1.807) is 7.11 Å². The van der Waals surface area contributed by atoms with Crippen molar-refractivity contribution in [3.63, 3.8) is 0 Å². The van der Waals surface area contributed by atoms with E-state index >= 15 is 0 Å². The lowest BCUT2D eigenvalue weighted by Crippen LogP contribution is -2.18. The van der Waals surface area contributed by atoms with E-state index in [4.69, 9.17) is 15.2 Å². The largest absolute Gasteiger partial charge is 0.493 e. The van der Waals surface area contributed by atoms with E-state index in [9.17, 15) is 0 Å². The van der Waals surface area contributed by atoms with E-state index in [1.807, 2.05) is 32.0 Å². The molecule has 1 aromatic carbocycles. The summed E-state index contributed by atoms with van der Waals surface area (Å²) in [4.78, 5) is 0. The summed E-state index contributed by atoms with van der Waals surface area (Å²) in [6.07, 6.45) is 0.796. The maximum atomic E-state index is 5.78. The molecule has 15 heavy (non-hydrogen) atoms. The Kier molecular flexibility index (Phi) is 4.43. The van der Waals surface area contributed by atoms with Crippen LogP contribution in [0.15, 0.2) is 18.2 Å². The number of methoxy groups -OCH3 is 1. The minimum Gasteiger partial charge on any atom is -0.493 e. The molecule has 0 bridgehead atoms. The molecule has 0 radical (unpaired) electrons. The van der Waals surface area contributed by atoms with E-state index in [0.717, 1.165) is 23.5 Å². The second kappa shape index (κ2) is 5.61. The van der Waals surface area contributed by atoms with Crippen molar-refractivity contribution in [3.05, 3.63) is 23.8 Å². The van der Waals surface area contributed by atoms with Gasteiger partial charge in [-0.3, -0.25) is 0 Å². The third kappa shape index (κ3) is 3.13. The van der Waals surface area contributed by atoms with Gasteiger partial charge in [-0.25, -0.2) is 0 Å². The summed E-state index contributed by atoms with van der Waals surface area (Å²) in [5.41, 5.74) is 6.87. The van der Waals surface area contributed by atoms with Crippen molar-refractivity contribution >= 4 is 0 Å². The first-order valence-corrected chi connectivity index (χ1v) is 5.23. The molecule has 1 rings (SSSR count). The van der Waals surface area contributed by atoms with Crippen LogP contribution in [-0.2, 0) is 6.42 Å². The molecule has 0 heterocycles. The average Bonchev–Trinajstić information content (AvgIpc) is 2.18. The summed E-state index contributed by atoms with van der Waals surface area (Å²) in [6.45, 7) is 4.57. The van der Waals surface area contributed by atoms with Gasteiger partial charge in [-0.15, -0.1) is 0 Å². The van der Waals surface area contributed by atoms with Gasteiger partial charge in [-0.1, -0.05) is 12.1 Å². The third-order valence-electron chi connectivity index (χ3n) is 2.11. The fraction of sp³-hybridized carbons (Fsp3) is 0.500. The predicted octanol–water partition coefficient (Wildman–Crippen LogP) is 1.98. The molecule has 0 fully saturated rings. The van der Waals surface area contributed by atoms with Crippen LogP contribution in [0, 0.1) is 0 Å². The number of rotatable bonds is 5. The summed E-state index contributed by atoms with van der Waals surface area (Å²) in [5.74, 6) is 1.59. The van der Waals surface area contributed by atoms with Gasteiger partial charge in [-0.2, -0.15) is 0 Å². The standard InChI is InChI=1S/C12H19NO2/c1-4-15-11-7-5-6-10(8-9(2)13)12(11)14-3/h5-7,9H,4,8,13H2,1-3H3/t9-/m1/s1. The van der Waals surface area contributed by atoms with E-state index in [1.165, 1.54) is 0 Å². The Morgan fingerprint density at radius 1 is 1.40 bits per heavy atom. The number of ether oxygens (including phenoxy) is 2. The van der Waals surface area contributed by atoms with Crippen LogP contribution in [0.5, 0.6) is 11.5 Å². The highest BCUT2D eigenvalue weighted by atomic mass is 16.5. The van der Waals surface area contributed by atoms with Crippen LogP contribution in [-0.4, -0.2) is 19.8 Å². The number of hydrogen-bond donors (Lipinski definition) is 1. The normalized spacial score (nSPS) is 12.3. The van der Waals surface area contributed by atoms with Crippen LogP contribution in [0.2, 0.25) is 0 Å². The summed E-state index contributed by atoms with van der Waals surface area (Å²) in [7, 11) is 1.66. The number of nitrogens with two attached hydrogens (primary N) is 1. The molecule has 0 saturated carbocycles. The van der Waals surface area contributed by atoms with E-state index in [2.05, 4.69) is 0 Å². The van der Waals surface area contributed by atoms with Gasteiger partial charge in [0.25, 0.3) is 0 Å². The molecule has 0 spiro atoms. The van der Waals surface area contributed by atoms with Crippen LogP contribution < -0.4 is 15.2 Å². The Morgan fingerprint density at radius 2 is 2.13 bits per heavy atom. The molecular formula is C12H19NO2. The molecule has 84 valence electrons. The first-order valence-electron chi connectivity index (χ1n) is 5.23. The number of para-hydroxylation sites is 1. The summed E-state index contributed by atoms with van der Waals surface area (Å²) < 4.78 is 10.8. The zero-order valence-electron chi connectivity index (χ0n) is 9.62. The fourth-order valence-electron chi connectivity index (χ4n) is 1.57. The van der Waals surface area contributed by atoms with Crippen LogP contribution >= 0.6 is 0 Å². The van der Waals surface area contributed by atoms with E-state index in [-0.39, 0.29) is 6.04 Å². The van der Waals surface area contributed by atoms with Crippen molar-refractivity contribution in [2.24, 2.45) is 5.73 Å². The van der Waals surface area contributed by atoms with Crippen molar-refractivity contribution in [2.75, 3.05) is 13.7 Å². The zero-order chi connectivity index (χ0) is 11.3. The van der Waals surface area contributed by atoms with Crippen LogP contribution in [0.1, 0.15) is 19.4 Å². The van der Waals surface area contributed by atoms with Crippen LogP contribution in [0.25, 0.3) is 0 Å². The molecule has 2 N–H and O–H groups in total. The molecule has 3 nitrogen and oxygen atoms in total. The number of benzene rings is 1. The van der Waals surface area contributed by atoms with E-state index < -0.39 is 0 Å². The molecule has 3 heteroatoms. The van der Waals surface area contributed by atoms with Gasteiger partial charge in [0.1, 0.15) is 0 Å². The first-order chi connectivity index (χ1) is 7.19. The highest BCUT2D eigenvalue weighted by Crippen LogP contribution is 2.31. The van der Waals surface area contributed by atoms with Gasteiger partial charge >= 0.3 is 0 Å². The van der Waals surface area contributed by atoms with Gasteiger partial charge in [0.05, 0.1) is 13.7 Å². The van der Waals surface area contributed by atoms with Gasteiger partial charge in [0.15, 0.2) is 11.5 Å². The van der Waals surface area contributed by atoms with Gasteiger partial charge in [0, 0.05) is 6.04 Å². The molecule has 0 saturated heterocycles. The SMILES string of the molecule is CCOc1cccc(C[C@@H](C)N)c1OC. The highest BCUT2D eigenvalue weighted by molar-refractivity contribution is 5.46. The smallest absolute Gasteiger partial charge is 0.163 e. The highest BCUT2D eigenvalue weighted by Gasteiger charge is 2.10. The van der Waals surface area contributed by atoms with Crippen LogP contribution in [0.3, 0.4) is 0 Å². The summed E-state index contributed by atoms with van der Waals surface area (Å²) in [6, 6.07) is 6.01. The predicted molar refractivity (Wildman–Crippen MR) is 61.5 cm³/mol. The quantitative estimate of drug-likeness (QED) is 0.806. The molecule has 0 amide bonds. The molecule has 0 aliphatic carbocycles. The Bertz CT molecular complexity index is 310. The lowest BCUT2D eigenvalue weighted by molar-refractivity contribution is 0.309. The second-order valence-corrected chi connectivity index (χ2v) is 3.56. The fourth-order valence-corrected chi connectivity index (χ4v) is 1.57. The molecule has 0 aliphatic rings. The van der Waals surface area contributed by atoms with E-state index in [0.29, 0.717) is 6.61 Å². The maximum absolute atomic E-state index is 5.78. The first kappa shape index (κ1) is 11.9.